The van der Waals surface area contributed by atoms with Crippen molar-refractivity contribution in [3.63, 3.8) is 0 Å². The van der Waals surface area contributed by atoms with Crippen molar-refractivity contribution in [2.45, 2.75) is 44.6 Å². The molecular formula is C18H24FN. The van der Waals surface area contributed by atoms with E-state index in [2.05, 4.69) is 5.32 Å². The third-order valence-electron chi connectivity index (χ3n) is 5.96. The second-order valence-corrected chi connectivity index (χ2v) is 7.25. The first-order valence-corrected chi connectivity index (χ1v) is 8.26. The van der Waals surface area contributed by atoms with Gasteiger partial charge in [0, 0.05) is 6.04 Å². The Morgan fingerprint density at radius 3 is 2.25 bits per heavy atom. The standard InChI is InChI=1S/C18H24FN/c19-17-4-2-1-3-14(17)5-6-20-18-15-8-12-7-13(10-15)11-16(18)9-12/h1-4,12-13,15-16,18,20H,5-11H2. The topological polar surface area (TPSA) is 12.0 Å². The van der Waals surface area contributed by atoms with Crippen LogP contribution >= 0.6 is 0 Å². The first-order valence-electron chi connectivity index (χ1n) is 8.26. The fourth-order valence-corrected chi connectivity index (χ4v) is 5.33. The van der Waals surface area contributed by atoms with Crippen molar-refractivity contribution < 1.29 is 4.39 Å². The molecule has 0 aromatic heterocycles. The molecule has 1 N–H and O–H groups in total. The van der Waals surface area contributed by atoms with Gasteiger partial charge in [0.05, 0.1) is 0 Å². The molecule has 4 saturated carbocycles. The van der Waals surface area contributed by atoms with Gasteiger partial charge in [-0.1, -0.05) is 18.2 Å². The van der Waals surface area contributed by atoms with Gasteiger partial charge in [0.25, 0.3) is 0 Å². The fraction of sp³-hybridized carbons (Fsp3) is 0.667. The van der Waals surface area contributed by atoms with Crippen molar-refractivity contribution in [3.8, 4) is 0 Å². The SMILES string of the molecule is Fc1ccccc1CCNC1C2CC3CC(C2)CC1C3. The van der Waals surface area contributed by atoms with E-state index in [0.717, 1.165) is 48.2 Å². The molecule has 0 heterocycles. The lowest BCUT2D eigenvalue weighted by molar-refractivity contribution is -0.0133. The lowest BCUT2D eigenvalue weighted by Crippen LogP contribution is -2.54. The first-order chi connectivity index (χ1) is 9.79. The van der Waals surface area contributed by atoms with E-state index in [4.69, 9.17) is 0 Å². The Bertz CT molecular complexity index is 456. The number of rotatable bonds is 4. The molecule has 4 aliphatic rings. The monoisotopic (exact) mass is 273 g/mol. The van der Waals surface area contributed by atoms with Crippen LogP contribution in [-0.2, 0) is 6.42 Å². The predicted molar refractivity (Wildman–Crippen MR) is 78.9 cm³/mol. The maximum atomic E-state index is 13.6. The smallest absolute Gasteiger partial charge is 0.126 e. The van der Waals surface area contributed by atoms with Gasteiger partial charge in [0.1, 0.15) is 5.82 Å². The summed E-state index contributed by atoms with van der Waals surface area (Å²) in [6.45, 7) is 0.925. The number of hydrogen-bond donors (Lipinski definition) is 1. The van der Waals surface area contributed by atoms with Crippen LogP contribution in [0.2, 0.25) is 0 Å². The van der Waals surface area contributed by atoms with E-state index < -0.39 is 0 Å². The minimum Gasteiger partial charge on any atom is -0.313 e. The number of halogens is 1. The molecule has 2 heteroatoms. The summed E-state index contributed by atoms with van der Waals surface area (Å²) in [6, 6.07) is 7.90. The fourth-order valence-electron chi connectivity index (χ4n) is 5.33. The second kappa shape index (κ2) is 5.14. The van der Waals surface area contributed by atoms with Gasteiger partial charge in [-0.25, -0.2) is 4.39 Å². The summed E-state index contributed by atoms with van der Waals surface area (Å²) in [5, 5.41) is 3.77. The zero-order valence-electron chi connectivity index (χ0n) is 12.0. The molecule has 0 aliphatic heterocycles. The Kier molecular flexibility index (Phi) is 3.30. The van der Waals surface area contributed by atoms with Gasteiger partial charge < -0.3 is 5.32 Å². The molecule has 0 unspecified atom stereocenters. The van der Waals surface area contributed by atoms with Gasteiger partial charge in [-0.3, -0.25) is 0 Å². The van der Waals surface area contributed by atoms with E-state index in [-0.39, 0.29) is 5.82 Å². The molecule has 108 valence electrons. The van der Waals surface area contributed by atoms with Crippen LogP contribution < -0.4 is 5.32 Å². The molecule has 0 spiro atoms. The molecule has 0 amide bonds. The largest absolute Gasteiger partial charge is 0.313 e. The zero-order chi connectivity index (χ0) is 13.5. The Balaban J connectivity index is 1.35. The Labute approximate surface area is 121 Å². The Morgan fingerprint density at radius 2 is 1.60 bits per heavy atom. The molecule has 0 saturated heterocycles. The summed E-state index contributed by atoms with van der Waals surface area (Å²) >= 11 is 0. The van der Waals surface area contributed by atoms with Gasteiger partial charge in [0.15, 0.2) is 0 Å². The molecule has 4 fully saturated rings. The number of hydrogen-bond acceptors (Lipinski definition) is 1. The van der Waals surface area contributed by atoms with Gasteiger partial charge in [-0.2, -0.15) is 0 Å². The van der Waals surface area contributed by atoms with Crippen molar-refractivity contribution >= 4 is 0 Å². The van der Waals surface area contributed by atoms with Crippen molar-refractivity contribution in [1.29, 1.82) is 0 Å². The molecule has 4 aliphatic carbocycles. The third kappa shape index (κ3) is 2.28. The van der Waals surface area contributed by atoms with Crippen LogP contribution in [0.1, 0.15) is 37.7 Å². The van der Waals surface area contributed by atoms with Crippen molar-refractivity contribution in [3.05, 3.63) is 35.6 Å². The summed E-state index contributed by atoms with van der Waals surface area (Å²) in [7, 11) is 0. The van der Waals surface area contributed by atoms with E-state index >= 15 is 0 Å². The lowest BCUT2D eigenvalue weighted by atomic mass is 9.54. The summed E-state index contributed by atoms with van der Waals surface area (Å²) < 4.78 is 13.6. The van der Waals surface area contributed by atoms with Gasteiger partial charge in [0.2, 0.25) is 0 Å². The molecule has 0 atom stereocenters. The molecule has 1 aromatic rings. The predicted octanol–water partition coefficient (Wildman–Crippen LogP) is 3.78. The van der Waals surface area contributed by atoms with E-state index in [1.165, 1.54) is 32.1 Å². The van der Waals surface area contributed by atoms with Crippen LogP contribution in [0.4, 0.5) is 4.39 Å². The quantitative estimate of drug-likeness (QED) is 0.880. The van der Waals surface area contributed by atoms with Gasteiger partial charge in [-0.05, 0) is 80.4 Å². The lowest BCUT2D eigenvalue weighted by Gasteiger charge is -2.54. The van der Waals surface area contributed by atoms with Crippen LogP contribution in [-0.4, -0.2) is 12.6 Å². The van der Waals surface area contributed by atoms with E-state index in [0.29, 0.717) is 0 Å². The molecular weight excluding hydrogens is 249 g/mol. The highest BCUT2D eigenvalue weighted by molar-refractivity contribution is 5.17. The highest BCUT2D eigenvalue weighted by atomic mass is 19.1. The second-order valence-electron chi connectivity index (χ2n) is 7.25. The molecule has 0 radical (unpaired) electrons. The maximum Gasteiger partial charge on any atom is 0.126 e. The van der Waals surface area contributed by atoms with E-state index in [1.807, 2.05) is 12.1 Å². The van der Waals surface area contributed by atoms with E-state index in [1.54, 1.807) is 12.1 Å². The molecule has 4 bridgehead atoms. The normalized spacial score (nSPS) is 38.4. The van der Waals surface area contributed by atoms with E-state index in [9.17, 15) is 4.39 Å². The van der Waals surface area contributed by atoms with Gasteiger partial charge in [-0.15, -0.1) is 0 Å². The zero-order valence-corrected chi connectivity index (χ0v) is 12.0. The number of nitrogens with one attached hydrogen (secondary N) is 1. The van der Waals surface area contributed by atoms with Crippen LogP contribution in [0.3, 0.4) is 0 Å². The average Bonchev–Trinajstić information content (AvgIpc) is 2.43. The van der Waals surface area contributed by atoms with Gasteiger partial charge >= 0.3 is 0 Å². The summed E-state index contributed by atoms with van der Waals surface area (Å²) in [5.41, 5.74) is 0.851. The molecule has 1 nitrogen and oxygen atoms in total. The minimum atomic E-state index is -0.0561. The van der Waals surface area contributed by atoms with Crippen LogP contribution in [0.5, 0.6) is 0 Å². The van der Waals surface area contributed by atoms with Crippen LogP contribution in [0.15, 0.2) is 24.3 Å². The molecule has 5 rings (SSSR count). The molecule has 1 aromatic carbocycles. The van der Waals surface area contributed by atoms with Crippen LogP contribution in [0.25, 0.3) is 0 Å². The maximum absolute atomic E-state index is 13.6. The number of benzene rings is 1. The Morgan fingerprint density at radius 1 is 0.950 bits per heavy atom. The summed E-state index contributed by atoms with van der Waals surface area (Å²) in [4.78, 5) is 0. The average molecular weight is 273 g/mol. The summed E-state index contributed by atoms with van der Waals surface area (Å²) in [6.07, 6.45) is 8.12. The highest BCUT2D eigenvalue weighted by Crippen LogP contribution is 2.53. The highest BCUT2D eigenvalue weighted by Gasteiger charge is 2.47. The van der Waals surface area contributed by atoms with Crippen molar-refractivity contribution in [2.75, 3.05) is 6.54 Å². The van der Waals surface area contributed by atoms with Crippen LogP contribution in [0, 0.1) is 29.5 Å². The Hall–Kier alpha value is -0.890. The minimum absolute atomic E-state index is 0.0561. The van der Waals surface area contributed by atoms with Crippen molar-refractivity contribution in [2.24, 2.45) is 23.7 Å². The first kappa shape index (κ1) is 12.8. The molecule has 20 heavy (non-hydrogen) atoms. The van der Waals surface area contributed by atoms with Crippen molar-refractivity contribution in [1.82, 2.24) is 5.32 Å². The summed E-state index contributed by atoms with van der Waals surface area (Å²) in [5.74, 6) is 3.82. The third-order valence-corrected chi connectivity index (χ3v) is 5.96.